The molecule has 2 atom stereocenters. The highest BCUT2D eigenvalue weighted by atomic mass is 35.5. The number of carbonyl (C=O) groups is 1. The zero-order chi connectivity index (χ0) is 11.3. The van der Waals surface area contributed by atoms with Gasteiger partial charge in [0.15, 0.2) is 0 Å². The molecule has 1 aliphatic heterocycles. The van der Waals surface area contributed by atoms with Crippen LogP contribution in [0.2, 0.25) is 0 Å². The van der Waals surface area contributed by atoms with E-state index in [0.29, 0.717) is 5.92 Å². The van der Waals surface area contributed by atoms with Gasteiger partial charge in [-0.25, -0.2) is 0 Å². The second-order valence-electron chi connectivity index (χ2n) is 4.07. The molecule has 1 saturated heterocycles. The minimum atomic E-state index is -0.407. The van der Waals surface area contributed by atoms with Crippen LogP contribution >= 0.6 is 11.6 Å². The number of halogens is 1. The lowest BCUT2D eigenvalue weighted by molar-refractivity contribution is -0.132. The summed E-state index contributed by atoms with van der Waals surface area (Å²) in [5, 5.41) is -0.407. The largest absolute Gasteiger partial charge is 0.381 e. The highest BCUT2D eigenvalue weighted by Crippen LogP contribution is 2.18. The highest BCUT2D eigenvalue weighted by molar-refractivity contribution is 6.30. The first-order valence-electron chi connectivity index (χ1n) is 5.65. The first kappa shape index (κ1) is 12.8. The monoisotopic (exact) mass is 233 g/mol. The van der Waals surface area contributed by atoms with Crippen molar-refractivity contribution in [3.05, 3.63) is 0 Å². The second kappa shape index (κ2) is 6.33. The van der Waals surface area contributed by atoms with Gasteiger partial charge in [-0.2, -0.15) is 0 Å². The molecule has 0 aromatic rings. The summed E-state index contributed by atoms with van der Waals surface area (Å²) in [6, 6.07) is 0. The Kier molecular flexibility index (Phi) is 5.40. The number of nitrogens with zero attached hydrogens (tertiary/aromatic N) is 1. The summed E-state index contributed by atoms with van der Waals surface area (Å²) >= 11 is 5.79. The van der Waals surface area contributed by atoms with E-state index < -0.39 is 5.38 Å². The zero-order valence-corrected chi connectivity index (χ0v) is 10.3. The number of ether oxygens (including phenoxy) is 1. The van der Waals surface area contributed by atoms with Crippen molar-refractivity contribution in [2.24, 2.45) is 5.92 Å². The van der Waals surface area contributed by atoms with Gasteiger partial charge in [-0.1, -0.05) is 0 Å². The topological polar surface area (TPSA) is 29.5 Å². The Morgan fingerprint density at radius 2 is 2.40 bits per heavy atom. The standard InChI is InChI=1S/C11H20ClNO2/c1-3-15-8-10-5-4-6-13(7-10)11(14)9(2)12/h9-10H,3-8H2,1-2H3/t9-,10+/m0/s1. The van der Waals surface area contributed by atoms with E-state index in [2.05, 4.69) is 0 Å². The normalized spacial score (nSPS) is 23.9. The van der Waals surface area contributed by atoms with Crippen molar-refractivity contribution in [1.29, 1.82) is 0 Å². The molecule has 1 rings (SSSR count). The van der Waals surface area contributed by atoms with Crippen LogP contribution in [-0.4, -0.2) is 42.5 Å². The molecule has 0 bridgehead atoms. The summed E-state index contributed by atoms with van der Waals surface area (Å²) in [5.41, 5.74) is 0. The van der Waals surface area contributed by atoms with Crippen LogP contribution in [0.15, 0.2) is 0 Å². The molecular weight excluding hydrogens is 214 g/mol. The van der Waals surface area contributed by atoms with Crippen LogP contribution < -0.4 is 0 Å². The number of rotatable bonds is 4. The molecule has 0 aromatic carbocycles. The fraction of sp³-hybridized carbons (Fsp3) is 0.909. The summed E-state index contributed by atoms with van der Waals surface area (Å²) < 4.78 is 5.39. The molecule has 0 unspecified atom stereocenters. The lowest BCUT2D eigenvalue weighted by atomic mass is 9.99. The summed E-state index contributed by atoms with van der Waals surface area (Å²) in [6.45, 7) is 6.88. The molecule has 15 heavy (non-hydrogen) atoms. The molecule has 1 fully saturated rings. The lowest BCUT2D eigenvalue weighted by Crippen LogP contribution is -2.43. The van der Waals surface area contributed by atoms with Crippen LogP contribution in [0.3, 0.4) is 0 Å². The third-order valence-corrected chi connectivity index (χ3v) is 2.92. The van der Waals surface area contributed by atoms with E-state index in [4.69, 9.17) is 16.3 Å². The Hall–Kier alpha value is -0.280. The smallest absolute Gasteiger partial charge is 0.240 e. The van der Waals surface area contributed by atoms with Gasteiger partial charge >= 0.3 is 0 Å². The van der Waals surface area contributed by atoms with Crippen LogP contribution in [0, 0.1) is 5.92 Å². The Morgan fingerprint density at radius 3 is 3.00 bits per heavy atom. The van der Waals surface area contributed by atoms with Crippen molar-refractivity contribution in [3.8, 4) is 0 Å². The van der Waals surface area contributed by atoms with Gasteiger partial charge in [0.25, 0.3) is 0 Å². The highest BCUT2D eigenvalue weighted by Gasteiger charge is 2.25. The Labute approximate surface area is 96.7 Å². The van der Waals surface area contributed by atoms with Crippen molar-refractivity contribution in [3.63, 3.8) is 0 Å². The number of piperidine rings is 1. The van der Waals surface area contributed by atoms with Gasteiger partial charge in [0.2, 0.25) is 5.91 Å². The van der Waals surface area contributed by atoms with Crippen LogP contribution in [-0.2, 0) is 9.53 Å². The van der Waals surface area contributed by atoms with Crippen LogP contribution in [0.5, 0.6) is 0 Å². The maximum atomic E-state index is 11.7. The van der Waals surface area contributed by atoms with Gasteiger partial charge in [0.05, 0.1) is 6.61 Å². The second-order valence-corrected chi connectivity index (χ2v) is 4.72. The number of likely N-dealkylation sites (tertiary alicyclic amines) is 1. The number of hydrogen-bond donors (Lipinski definition) is 0. The number of alkyl halides is 1. The van der Waals surface area contributed by atoms with Gasteiger partial charge in [-0.3, -0.25) is 4.79 Å². The molecule has 0 aliphatic carbocycles. The molecule has 1 heterocycles. The molecular formula is C11H20ClNO2. The lowest BCUT2D eigenvalue weighted by Gasteiger charge is -2.33. The van der Waals surface area contributed by atoms with E-state index >= 15 is 0 Å². The number of carbonyl (C=O) groups excluding carboxylic acids is 1. The van der Waals surface area contributed by atoms with Crippen LogP contribution in [0.1, 0.15) is 26.7 Å². The van der Waals surface area contributed by atoms with E-state index in [-0.39, 0.29) is 5.91 Å². The molecule has 3 nitrogen and oxygen atoms in total. The summed E-state index contributed by atoms with van der Waals surface area (Å²) in [6.07, 6.45) is 2.22. The van der Waals surface area contributed by atoms with Crippen molar-refractivity contribution in [1.82, 2.24) is 4.90 Å². The quantitative estimate of drug-likeness (QED) is 0.694. The van der Waals surface area contributed by atoms with E-state index in [1.54, 1.807) is 6.92 Å². The maximum absolute atomic E-state index is 11.7. The van der Waals surface area contributed by atoms with Gasteiger partial charge in [0, 0.05) is 19.7 Å². The van der Waals surface area contributed by atoms with E-state index in [1.807, 2.05) is 11.8 Å². The molecule has 1 aliphatic rings. The Morgan fingerprint density at radius 1 is 1.67 bits per heavy atom. The first-order chi connectivity index (χ1) is 7.15. The van der Waals surface area contributed by atoms with Gasteiger partial charge < -0.3 is 9.64 Å². The predicted octanol–water partition coefficient (Wildman–Crippen LogP) is 1.89. The minimum absolute atomic E-state index is 0.0536. The van der Waals surface area contributed by atoms with Crippen molar-refractivity contribution >= 4 is 17.5 Å². The SMILES string of the molecule is CCOC[C@@H]1CCCN(C(=O)[C@H](C)Cl)C1. The van der Waals surface area contributed by atoms with Gasteiger partial charge in [-0.15, -0.1) is 11.6 Å². The Balaban J connectivity index is 2.38. The Bertz CT molecular complexity index is 209. The van der Waals surface area contributed by atoms with Gasteiger partial charge in [0.1, 0.15) is 5.38 Å². The number of hydrogen-bond acceptors (Lipinski definition) is 2. The predicted molar refractivity (Wildman–Crippen MR) is 61.1 cm³/mol. The van der Waals surface area contributed by atoms with E-state index in [9.17, 15) is 4.79 Å². The molecule has 4 heteroatoms. The summed E-state index contributed by atoms with van der Waals surface area (Å²) in [5.74, 6) is 0.538. The molecule has 0 N–H and O–H groups in total. The summed E-state index contributed by atoms with van der Waals surface area (Å²) in [4.78, 5) is 13.5. The maximum Gasteiger partial charge on any atom is 0.240 e. The minimum Gasteiger partial charge on any atom is -0.381 e. The van der Waals surface area contributed by atoms with Crippen molar-refractivity contribution < 1.29 is 9.53 Å². The van der Waals surface area contributed by atoms with Crippen molar-refractivity contribution in [2.45, 2.75) is 32.1 Å². The van der Waals surface area contributed by atoms with Crippen molar-refractivity contribution in [2.75, 3.05) is 26.3 Å². The molecule has 0 aromatic heterocycles. The number of amides is 1. The summed E-state index contributed by atoms with van der Waals surface area (Å²) in [7, 11) is 0. The average Bonchev–Trinajstić information content (AvgIpc) is 2.25. The molecule has 88 valence electrons. The van der Waals surface area contributed by atoms with Gasteiger partial charge in [-0.05, 0) is 32.6 Å². The first-order valence-corrected chi connectivity index (χ1v) is 6.09. The average molecular weight is 234 g/mol. The third-order valence-electron chi connectivity index (χ3n) is 2.73. The zero-order valence-electron chi connectivity index (χ0n) is 9.54. The molecule has 0 spiro atoms. The molecule has 0 saturated carbocycles. The molecule has 1 amide bonds. The third kappa shape index (κ3) is 3.99. The van der Waals surface area contributed by atoms with E-state index in [0.717, 1.165) is 39.1 Å². The van der Waals surface area contributed by atoms with Crippen LogP contribution in [0.4, 0.5) is 0 Å². The van der Waals surface area contributed by atoms with Crippen LogP contribution in [0.25, 0.3) is 0 Å². The van der Waals surface area contributed by atoms with E-state index in [1.165, 1.54) is 0 Å². The fourth-order valence-electron chi connectivity index (χ4n) is 1.94. The fourth-order valence-corrected chi connectivity index (χ4v) is 2.08. The molecule has 0 radical (unpaired) electrons.